The fourth-order valence-electron chi connectivity index (χ4n) is 3.78. The lowest BCUT2D eigenvalue weighted by Crippen LogP contribution is -2.44. The molecule has 2 rings (SSSR count). The molecule has 1 aliphatic heterocycles. The molecule has 5 heteroatoms. The van der Waals surface area contributed by atoms with Gasteiger partial charge in [-0.25, -0.2) is 0 Å². The molecule has 1 aromatic rings. The van der Waals surface area contributed by atoms with E-state index in [0.29, 0.717) is 6.42 Å². The molecule has 154 valence electrons. The van der Waals surface area contributed by atoms with Gasteiger partial charge >= 0.3 is 0 Å². The summed E-state index contributed by atoms with van der Waals surface area (Å²) in [5.74, 6) is 0. The molecule has 0 aromatic heterocycles. The molecule has 0 saturated carbocycles. The van der Waals surface area contributed by atoms with E-state index in [1.807, 2.05) is 0 Å². The minimum Gasteiger partial charge on any atom is -0.395 e. The summed E-state index contributed by atoms with van der Waals surface area (Å²) in [5.41, 5.74) is 2.91. The van der Waals surface area contributed by atoms with Crippen molar-refractivity contribution in [2.24, 2.45) is 0 Å². The van der Waals surface area contributed by atoms with Crippen LogP contribution in [0, 0.1) is 0 Å². The number of benzene rings is 1. The van der Waals surface area contributed by atoms with Crippen LogP contribution >= 0.6 is 0 Å². The molecule has 1 aromatic carbocycles. The number of rotatable bonds is 9. The summed E-state index contributed by atoms with van der Waals surface area (Å²) in [6.07, 6.45) is 3.03. The van der Waals surface area contributed by atoms with E-state index >= 15 is 0 Å². The Hall–Kier alpha value is -0.980. The first-order valence-electron chi connectivity index (χ1n) is 10.2. The number of hydrogen-bond acceptors (Lipinski definition) is 5. The topological polar surface area (TPSA) is 93.0 Å². The second-order valence-corrected chi connectivity index (χ2v) is 8.93. The van der Waals surface area contributed by atoms with Crippen LogP contribution in [0.1, 0.15) is 64.0 Å². The zero-order chi connectivity index (χ0) is 20.0. The highest BCUT2D eigenvalue weighted by atomic mass is 16.3. The van der Waals surface area contributed by atoms with Crippen molar-refractivity contribution >= 4 is 0 Å². The highest BCUT2D eigenvalue weighted by Gasteiger charge is 2.43. The maximum absolute atomic E-state index is 10.3. The van der Waals surface area contributed by atoms with Gasteiger partial charge in [-0.3, -0.25) is 0 Å². The molecule has 27 heavy (non-hydrogen) atoms. The fraction of sp³-hybridized carbons (Fsp3) is 0.727. The predicted molar refractivity (Wildman–Crippen MR) is 108 cm³/mol. The third kappa shape index (κ3) is 6.26. The van der Waals surface area contributed by atoms with E-state index in [0.717, 1.165) is 32.1 Å². The average Bonchev–Trinajstić information content (AvgIpc) is 2.92. The number of aliphatic hydroxyl groups is 4. The van der Waals surface area contributed by atoms with Gasteiger partial charge in [-0.1, -0.05) is 64.3 Å². The van der Waals surface area contributed by atoms with E-state index in [9.17, 15) is 15.3 Å². The lowest BCUT2D eigenvalue weighted by atomic mass is 9.86. The Morgan fingerprint density at radius 3 is 2.15 bits per heavy atom. The van der Waals surface area contributed by atoms with Gasteiger partial charge in [-0.05, 0) is 35.8 Å². The van der Waals surface area contributed by atoms with Gasteiger partial charge in [0.2, 0.25) is 0 Å². The molecule has 1 heterocycles. The van der Waals surface area contributed by atoms with Gasteiger partial charge in [0.1, 0.15) is 0 Å². The number of hydrogen-bond donors (Lipinski definition) is 5. The summed E-state index contributed by atoms with van der Waals surface area (Å²) in [5, 5.41) is 42.1. The minimum atomic E-state index is -1.03. The molecule has 1 aliphatic rings. The van der Waals surface area contributed by atoms with Crippen LogP contribution in [-0.4, -0.2) is 57.4 Å². The first kappa shape index (κ1) is 22.3. The van der Waals surface area contributed by atoms with Crippen LogP contribution in [0.4, 0.5) is 0 Å². The molecule has 5 N–H and O–H groups in total. The van der Waals surface area contributed by atoms with Gasteiger partial charge in [-0.15, -0.1) is 0 Å². The molecule has 0 aliphatic carbocycles. The molecule has 0 unspecified atom stereocenters. The SMILES string of the molecule is CC(C)(C)c1ccc(CCCCCC[C@@H](O)[C@H]2N[C@H](CO)[C@@H](O)[C@@H]2O)cc1. The third-order valence-electron chi connectivity index (χ3n) is 5.68. The van der Waals surface area contributed by atoms with Crippen LogP contribution in [0.25, 0.3) is 0 Å². The maximum Gasteiger partial charge on any atom is 0.0993 e. The van der Waals surface area contributed by atoms with Crippen molar-refractivity contribution in [2.75, 3.05) is 6.61 Å². The Bertz CT molecular complexity index is 554. The van der Waals surface area contributed by atoms with Crippen LogP contribution in [0.3, 0.4) is 0 Å². The molecule has 5 nitrogen and oxygen atoms in total. The van der Waals surface area contributed by atoms with Crippen molar-refractivity contribution in [1.29, 1.82) is 0 Å². The van der Waals surface area contributed by atoms with Crippen molar-refractivity contribution in [1.82, 2.24) is 5.32 Å². The fourth-order valence-corrected chi connectivity index (χ4v) is 3.78. The summed E-state index contributed by atoms with van der Waals surface area (Å²) < 4.78 is 0. The van der Waals surface area contributed by atoms with Crippen LogP contribution in [0.5, 0.6) is 0 Å². The smallest absolute Gasteiger partial charge is 0.0993 e. The Labute approximate surface area is 163 Å². The molecular formula is C22H37NO4. The number of aliphatic hydroxyl groups excluding tert-OH is 4. The highest BCUT2D eigenvalue weighted by Crippen LogP contribution is 2.23. The minimum absolute atomic E-state index is 0.189. The number of nitrogens with one attached hydrogen (secondary N) is 1. The summed E-state index contributed by atoms with van der Waals surface area (Å²) in [4.78, 5) is 0. The van der Waals surface area contributed by atoms with Crippen molar-refractivity contribution < 1.29 is 20.4 Å². The first-order valence-corrected chi connectivity index (χ1v) is 10.2. The summed E-state index contributed by atoms with van der Waals surface area (Å²) in [7, 11) is 0. The van der Waals surface area contributed by atoms with Crippen molar-refractivity contribution in [3.63, 3.8) is 0 Å². The van der Waals surface area contributed by atoms with E-state index < -0.39 is 30.4 Å². The van der Waals surface area contributed by atoms with E-state index in [4.69, 9.17) is 5.11 Å². The average molecular weight is 380 g/mol. The number of unbranched alkanes of at least 4 members (excludes halogenated alkanes) is 3. The van der Waals surface area contributed by atoms with Crippen LogP contribution in [-0.2, 0) is 11.8 Å². The van der Waals surface area contributed by atoms with Gasteiger partial charge in [0, 0.05) is 0 Å². The highest BCUT2D eigenvalue weighted by molar-refractivity contribution is 5.27. The van der Waals surface area contributed by atoms with Gasteiger partial charge in [0.05, 0.1) is 37.0 Å². The van der Waals surface area contributed by atoms with Crippen LogP contribution in [0.2, 0.25) is 0 Å². The van der Waals surface area contributed by atoms with Gasteiger partial charge in [0.25, 0.3) is 0 Å². The van der Waals surface area contributed by atoms with Crippen LogP contribution < -0.4 is 5.32 Å². The molecule has 0 spiro atoms. The Kier molecular flexibility index (Phi) is 8.25. The number of aryl methyl sites for hydroxylation is 1. The third-order valence-corrected chi connectivity index (χ3v) is 5.68. The molecule has 0 bridgehead atoms. The van der Waals surface area contributed by atoms with Crippen molar-refractivity contribution in [3.8, 4) is 0 Å². The monoisotopic (exact) mass is 379 g/mol. The summed E-state index contributed by atoms with van der Waals surface area (Å²) in [6.45, 7) is 6.42. The molecular weight excluding hydrogens is 342 g/mol. The second kappa shape index (κ2) is 9.99. The quantitative estimate of drug-likeness (QED) is 0.423. The zero-order valence-electron chi connectivity index (χ0n) is 16.9. The Morgan fingerprint density at radius 2 is 1.59 bits per heavy atom. The first-order chi connectivity index (χ1) is 12.7. The lowest BCUT2D eigenvalue weighted by Gasteiger charge is -2.22. The molecule has 1 saturated heterocycles. The van der Waals surface area contributed by atoms with Crippen molar-refractivity contribution in [3.05, 3.63) is 35.4 Å². The van der Waals surface area contributed by atoms with E-state index in [1.54, 1.807) is 0 Å². The standard InChI is InChI=1S/C22H37NO4/c1-22(2,3)16-12-10-15(11-13-16)8-6-4-5-7-9-18(25)19-21(27)20(26)17(14-24)23-19/h10-13,17-21,23-27H,4-9,14H2,1-3H3/t17-,18-,19-,20-,21-/m1/s1. The largest absolute Gasteiger partial charge is 0.395 e. The van der Waals surface area contributed by atoms with Gasteiger partial charge < -0.3 is 25.7 Å². The Morgan fingerprint density at radius 1 is 0.963 bits per heavy atom. The normalized spacial score (nSPS) is 27.1. The van der Waals surface area contributed by atoms with E-state index in [-0.39, 0.29) is 12.0 Å². The maximum atomic E-state index is 10.3. The predicted octanol–water partition coefficient (Wildman–Crippen LogP) is 1.89. The second-order valence-electron chi connectivity index (χ2n) is 8.93. The zero-order valence-corrected chi connectivity index (χ0v) is 16.9. The summed E-state index contributed by atoms with van der Waals surface area (Å²) in [6, 6.07) is 7.75. The molecule has 0 amide bonds. The van der Waals surface area contributed by atoms with E-state index in [1.165, 1.54) is 11.1 Å². The molecule has 1 fully saturated rings. The van der Waals surface area contributed by atoms with Gasteiger partial charge in [0.15, 0.2) is 0 Å². The van der Waals surface area contributed by atoms with Crippen molar-refractivity contribution in [2.45, 2.75) is 95.1 Å². The van der Waals surface area contributed by atoms with E-state index in [2.05, 4.69) is 50.4 Å². The van der Waals surface area contributed by atoms with Crippen LogP contribution in [0.15, 0.2) is 24.3 Å². The van der Waals surface area contributed by atoms with Gasteiger partial charge in [-0.2, -0.15) is 0 Å². The lowest BCUT2D eigenvalue weighted by molar-refractivity contribution is -0.00443. The molecule has 5 atom stereocenters. The molecule has 0 radical (unpaired) electrons. The Balaban J connectivity index is 1.62. The summed E-state index contributed by atoms with van der Waals surface area (Å²) >= 11 is 0.